The summed E-state index contributed by atoms with van der Waals surface area (Å²) in [5, 5.41) is 4.83. The Hall–Kier alpha value is -4.12. The quantitative estimate of drug-likeness (QED) is 0.226. The van der Waals surface area contributed by atoms with Crippen LogP contribution in [0.4, 0.5) is 0 Å². The van der Waals surface area contributed by atoms with Crippen molar-refractivity contribution < 1.29 is 18.7 Å². The first-order valence-electron chi connectivity index (χ1n) is 9.89. The largest absolute Gasteiger partial charge is 0.482 e. The van der Waals surface area contributed by atoms with Crippen molar-refractivity contribution >= 4 is 38.5 Å². The molecule has 4 aromatic carbocycles. The summed E-state index contributed by atoms with van der Waals surface area (Å²) >= 11 is 0. The molecule has 0 aliphatic heterocycles. The lowest BCUT2D eigenvalue weighted by Gasteiger charge is -2.10. The molecular weight excluding hydrogens is 392 g/mol. The van der Waals surface area contributed by atoms with Gasteiger partial charge in [0.25, 0.3) is 0 Å². The zero-order valence-corrected chi connectivity index (χ0v) is 16.5. The predicted molar refractivity (Wildman–Crippen MR) is 119 cm³/mol. The number of rotatable bonds is 5. The average molecular weight is 410 g/mol. The van der Waals surface area contributed by atoms with Gasteiger partial charge < -0.3 is 13.9 Å². The van der Waals surface area contributed by atoms with E-state index < -0.39 is 11.6 Å². The van der Waals surface area contributed by atoms with Crippen LogP contribution >= 0.6 is 0 Å². The van der Waals surface area contributed by atoms with Crippen LogP contribution < -0.4 is 10.4 Å². The van der Waals surface area contributed by atoms with E-state index in [0.29, 0.717) is 16.9 Å². The van der Waals surface area contributed by atoms with Crippen LogP contribution in [0.1, 0.15) is 5.56 Å². The summed E-state index contributed by atoms with van der Waals surface area (Å²) < 4.78 is 16.3. The number of hydrogen-bond donors (Lipinski definition) is 0. The number of fused-ring (bicyclic) bond motifs is 4. The third-order valence-corrected chi connectivity index (χ3v) is 5.18. The Morgan fingerprint density at radius 2 is 1.55 bits per heavy atom. The summed E-state index contributed by atoms with van der Waals surface area (Å²) in [4.78, 5) is 24.3. The van der Waals surface area contributed by atoms with Gasteiger partial charge in [-0.2, -0.15) is 0 Å². The standard InChI is InChI=1S/C26H18O5/c27-24-14-20(26-22-8-4-3-6-18(22)10-12-23(26)31-24)15-30-25(28)16-29-21-11-9-17-5-1-2-7-19(17)13-21/h1-14H,15-16H2. The number of hydrogen-bond acceptors (Lipinski definition) is 5. The van der Waals surface area contributed by atoms with E-state index in [1.54, 1.807) is 6.07 Å². The number of carbonyl (C=O) groups is 1. The van der Waals surface area contributed by atoms with E-state index in [2.05, 4.69) is 0 Å². The fraction of sp³-hybridized carbons (Fsp3) is 0.0769. The maximum atomic E-state index is 12.3. The van der Waals surface area contributed by atoms with Crippen LogP contribution in [0.15, 0.2) is 94.1 Å². The lowest BCUT2D eigenvalue weighted by atomic mass is 10.0. The summed E-state index contributed by atoms with van der Waals surface area (Å²) in [5.74, 6) is 0.0715. The van der Waals surface area contributed by atoms with Crippen LogP contribution in [0.25, 0.3) is 32.5 Å². The van der Waals surface area contributed by atoms with E-state index in [0.717, 1.165) is 26.9 Å². The molecule has 0 aliphatic carbocycles. The summed E-state index contributed by atoms with van der Waals surface area (Å²) in [7, 11) is 0. The molecule has 0 atom stereocenters. The van der Waals surface area contributed by atoms with Gasteiger partial charge >= 0.3 is 11.6 Å². The normalized spacial score (nSPS) is 11.1. The highest BCUT2D eigenvalue weighted by Crippen LogP contribution is 2.28. The molecule has 1 heterocycles. The molecule has 31 heavy (non-hydrogen) atoms. The third kappa shape index (κ3) is 3.85. The van der Waals surface area contributed by atoms with Crippen LogP contribution in [0.5, 0.6) is 5.75 Å². The molecule has 5 nitrogen and oxygen atoms in total. The SMILES string of the molecule is O=C(COc1ccc2ccccc2c1)OCc1cc(=O)oc2ccc3ccccc3c12. The number of ether oxygens (including phenoxy) is 2. The van der Waals surface area contributed by atoms with Gasteiger partial charge in [0.05, 0.1) is 0 Å². The van der Waals surface area contributed by atoms with Gasteiger partial charge in [0.1, 0.15) is 17.9 Å². The first-order valence-corrected chi connectivity index (χ1v) is 9.89. The summed E-state index contributed by atoms with van der Waals surface area (Å²) in [6.45, 7) is -0.269. The van der Waals surface area contributed by atoms with E-state index in [4.69, 9.17) is 13.9 Å². The predicted octanol–water partition coefficient (Wildman–Crippen LogP) is 5.22. The molecule has 5 heteroatoms. The molecule has 0 spiro atoms. The van der Waals surface area contributed by atoms with Gasteiger partial charge in [-0.25, -0.2) is 9.59 Å². The molecule has 0 amide bonds. The van der Waals surface area contributed by atoms with E-state index in [9.17, 15) is 9.59 Å². The maximum absolute atomic E-state index is 12.3. The second-order valence-corrected chi connectivity index (χ2v) is 7.21. The Morgan fingerprint density at radius 3 is 2.42 bits per heavy atom. The van der Waals surface area contributed by atoms with Crippen LogP contribution in [0, 0.1) is 0 Å². The first-order chi connectivity index (χ1) is 15.2. The molecule has 5 rings (SSSR count). The Balaban J connectivity index is 1.33. The minimum Gasteiger partial charge on any atom is -0.482 e. The molecule has 0 N–H and O–H groups in total. The van der Waals surface area contributed by atoms with Crippen molar-refractivity contribution in [2.75, 3.05) is 6.61 Å². The van der Waals surface area contributed by atoms with E-state index in [1.165, 1.54) is 6.07 Å². The summed E-state index contributed by atoms with van der Waals surface area (Å²) in [6, 6.07) is 26.4. The number of benzene rings is 4. The molecule has 152 valence electrons. The third-order valence-electron chi connectivity index (χ3n) is 5.18. The molecule has 1 aromatic heterocycles. The van der Waals surface area contributed by atoms with Crippen molar-refractivity contribution in [1.82, 2.24) is 0 Å². The van der Waals surface area contributed by atoms with Gasteiger partial charge in [-0.1, -0.05) is 60.7 Å². The van der Waals surface area contributed by atoms with Gasteiger partial charge in [0, 0.05) is 17.0 Å². The highest BCUT2D eigenvalue weighted by Gasteiger charge is 2.12. The lowest BCUT2D eigenvalue weighted by molar-refractivity contribution is -0.147. The zero-order chi connectivity index (χ0) is 21.2. The van der Waals surface area contributed by atoms with Crippen molar-refractivity contribution in [3.63, 3.8) is 0 Å². The molecular formula is C26H18O5. The molecule has 0 saturated carbocycles. The van der Waals surface area contributed by atoms with Crippen LogP contribution in [-0.4, -0.2) is 12.6 Å². The number of carbonyl (C=O) groups excluding carboxylic acids is 1. The van der Waals surface area contributed by atoms with Crippen LogP contribution in [0.2, 0.25) is 0 Å². The Labute approximate surface area is 177 Å². The average Bonchev–Trinajstić information content (AvgIpc) is 2.80. The van der Waals surface area contributed by atoms with Crippen molar-refractivity contribution in [1.29, 1.82) is 0 Å². The highest BCUT2D eigenvalue weighted by molar-refractivity contribution is 6.07. The van der Waals surface area contributed by atoms with Gasteiger partial charge in [0.15, 0.2) is 6.61 Å². The van der Waals surface area contributed by atoms with E-state index >= 15 is 0 Å². The second kappa shape index (κ2) is 7.95. The van der Waals surface area contributed by atoms with Gasteiger partial charge in [-0.3, -0.25) is 0 Å². The molecule has 5 aromatic rings. The molecule has 0 aliphatic rings. The Morgan fingerprint density at radius 1 is 0.806 bits per heavy atom. The van der Waals surface area contributed by atoms with E-state index in [1.807, 2.05) is 72.8 Å². The van der Waals surface area contributed by atoms with E-state index in [-0.39, 0.29) is 13.2 Å². The molecule has 0 unspecified atom stereocenters. The minimum absolute atomic E-state index is 0.0456. The molecule has 0 radical (unpaired) electrons. The summed E-state index contributed by atoms with van der Waals surface area (Å²) in [5.41, 5.74) is 0.577. The Kier molecular flexibility index (Phi) is 4.84. The van der Waals surface area contributed by atoms with Crippen LogP contribution in [0.3, 0.4) is 0 Å². The lowest BCUT2D eigenvalue weighted by Crippen LogP contribution is -2.15. The van der Waals surface area contributed by atoms with Crippen LogP contribution in [-0.2, 0) is 16.1 Å². The molecule has 0 bridgehead atoms. The fourth-order valence-electron chi connectivity index (χ4n) is 3.73. The monoisotopic (exact) mass is 410 g/mol. The smallest absolute Gasteiger partial charge is 0.344 e. The summed E-state index contributed by atoms with van der Waals surface area (Å²) in [6.07, 6.45) is 0. The maximum Gasteiger partial charge on any atom is 0.344 e. The highest BCUT2D eigenvalue weighted by atomic mass is 16.6. The second-order valence-electron chi connectivity index (χ2n) is 7.21. The molecule has 0 fully saturated rings. The van der Waals surface area contributed by atoms with Gasteiger partial charge in [-0.05, 0) is 39.7 Å². The topological polar surface area (TPSA) is 65.7 Å². The molecule has 0 saturated heterocycles. The fourth-order valence-corrected chi connectivity index (χ4v) is 3.73. The van der Waals surface area contributed by atoms with Crippen molar-refractivity contribution in [3.8, 4) is 5.75 Å². The van der Waals surface area contributed by atoms with Gasteiger partial charge in [0.2, 0.25) is 0 Å². The van der Waals surface area contributed by atoms with Crippen molar-refractivity contribution in [2.45, 2.75) is 6.61 Å². The Bertz CT molecular complexity index is 1480. The minimum atomic E-state index is -0.519. The first kappa shape index (κ1) is 18.9. The van der Waals surface area contributed by atoms with Crippen molar-refractivity contribution in [2.24, 2.45) is 0 Å². The zero-order valence-electron chi connectivity index (χ0n) is 16.5. The van der Waals surface area contributed by atoms with Gasteiger partial charge in [-0.15, -0.1) is 0 Å². The number of esters is 1. The van der Waals surface area contributed by atoms with Crippen molar-refractivity contribution in [3.05, 3.63) is 101 Å².